The Morgan fingerprint density at radius 3 is 2.48 bits per heavy atom. The summed E-state index contributed by atoms with van der Waals surface area (Å²) >= 11 is 5.60. The van der Waals surface area contributed by atoms with Crippen molar-refractivity contribution in [2.75, 3.05) is 19.5 Å². The van der Waals surface area contributed by atoms with E-state index in [2.05, 4.69) is 15.6 Å². The van der Waals surface area contributed by atoms with Gasteiger partial charge in [-0.05, 0) is 36.2 Å². The van der Waals surface area contributed by atoms with Crippen molar-refractivity contribution >= 4 is 28.7 Å². The highest BCUT2D eigenvalue weighted by molar-refractivity contribution is 7.81. The van der Waals surface area contributed by atoms with Gasteiger partial charge in [-0.25, -0.2) is 0 Å². The van der Waals surface area contributed by atoms with Gasteiger partial charge in [0.15, 0.2) is 12.1 Å². The van der Waals surface area contributed by atoms with Gasteiger partial charge < -0.3 is 20.1 Å². The number of ether oxygens (including phenoxy) is 2. The zero-order chi connectivity index (χ0) is 20.6. The van der Waals surface area contributed by atoms with E-state index in [0.717, 1.165) is 16.9 Å². The molecular weight excluding hydrogens is 386 g/mol. The van der Waals surface area contributed by atoms with E-state index in [1.54, 1.807) is 26.6 Å². The molecule has 1 aliphatic carbocycles. The maximum Gasteiger partial charge on any atom is 0.168 e. The SMILES string of the molecule is COC(OC)C1CC(=O)C(C(=S)Nc2ccccc2)=C(NCc2ccncc2)C1. The second-order valence-corrected chi connectivity index (χ2v) is 7.22. The Morgan fingerprint density at radius 1 is 1.14 bits per heavy atom. The molecule has 0 spiro atoms. The average molecular weight is 412 g/mol. The third kappa shape index (κ3) is 5.47. The molecule has 0 bridgehead atoms. The van der Waals surface area contributed by atoms with Crippen LogP contribution in [-0.2, 0) is 20.8 Å². The average Bonchev–Trinajstić information content (AvgIpc) is 2.74. The molecule has 3 rings (SSSR count). The first-order valence-corrected chi connectivity index (χ1v) is 9.84. The van der Waals surface area contributed by atoms with E-state index in [1.807, 2.05) is 42.5 Å². The number of allylic oxidation sites excluding steroid dienone is 1. The predicted octanol–water partition coefficient (Wildman–Crippen LogP) is 3.46. The first-order chi connectivity index (χ1) is 14.1. The summed E-state index contributed by atoms with van der Waals surface area (Å²) in [5.74, 6) is -0.105. The van der Waals surface area contributed by atoms with Gasteiger partial charge >= 0.3 is 0 Å². The predicted molar refractivity (Wildman–Crippen MR) is 116 cm³/mol. The van der Waals surface area contributed by atoms with Crippen LogP contribution in [0.2, 0.25) is 0 Å². The lowest BCUT2D eigenvalue weighted by Gasteiger charge is -2.31. The van der Waals surface area contributed by atoms with Crippen molar-refractivity contribution in [1.29, 1.82) is 0 Å². The highest BCUT2D eigenvalue weighted by atomic mass is 32.1. The van der Waals surface area contributed by atoms with Gasteiger partial charge in [-0.15, -0.1) is 0 Å². The Morgan fingerprint density at radius 2 is 1.83 bits per heavy atom. The number of benzene rings is 1. The summed E-state index contributed by atoms with van der Waals surface area (Å²) in [6, 6.07) is 13.5. The van der Waals surface area contributed by atoms with Crippen molar-refractivity contribution in [3.63, 3.8) is 0 Å². The summed E-state index contributed by atoms with van der Waals surface area (Å²) in [5.41, 5.74) is 3.24. The van der Waals surface area contributed by atoms with E-state index in [4.69, 9.17) is 21.7 Å². The van der Waals surface area contributed by atoms with Crippen LogP contribution in [0.5, 0.6) is 0 Å². The van der Waals surface area contributed by atoms with Crippen LogP contribution in [-0.4, -0.2) is 36.3 Å². The lowest BCUT2D eigenvalue weighted by molar-refractivity contribution is -0.146. The van der Waals surface area contributed by atoms with Crippen LogP contribution in [0.3, 0.4) is 0 Å². The maximum atomic E-state index is 13.0. The number of pyridine rings is 1. The van der Waals surface area contributed by atoms with Gasteiger partial charge in [0.1, 0.15) is 4.99 Å². The highest BCUT2D eigenvalue weighted by Crippen LogP contribution is 2.31. The van der Waals surface area contributed by atoms with Crippen molar-refractivity contribution < 1.29 is 14.3 Å². The number of para-hydroxylation sites is 1. The Hall–Kier alpha value is -2.61. The zero-order valence-electron chi connectivity index (χ0n) is 16.6. The first-order valence-electron chi connectivity index (χ1n) is 9.43. The van der Waals surface area contributed by atoms with E-state index >= 15 is 0 Å². The minimum Gasteiger partial charge on any atom is -0.384 e. The Kier molecular flexibility index (Phi) is 7.46. The molecule has 0 aliphatic heterocycles. The van der Waals surface area contributed by atoms with Crippen LogP contribution in [0.25, 0.3) is 0 Å². The molecule has 6 nitrogen and oxygen atoms in total. The fourth-order valence-electron chi connectivity index (χ4n) is 3.47. The highest BCUT2D eigenvalue weighted by Gasteiger charge is 2.34. The summed E-state index contributed by atoms with van der Waals surface area (Å²) in [4.78, 5) is 17.5. The molecule has 2 aromatic rings. The van der Waals surface area contributed by atoms with E-state index in [-0.39, 0.29) is 11.7 Å². The molecule has 1 unspecified atom stereocenters. The minimum atomic E-state index is -0.450. The van der Waals surface area contributed by atoms with Gasteiger partial charge in [0.05, 0.1) is 5.57 Å². The molecule has 1 aliphatic rings. The third-order valence-electron chi connectivity index (χ3n) is 4.86. The van der Waals surface area contributed by atoms with Gasteiger partial charge in [-0.1, -0.05) is 30.4 Å². The number of aromatic nitrogens is 1. The number of anilines is 1. The lowest BCUT2D eigenvalue weighted by atomic mass is 9.85. The molecule has 0 saturated carbocycles. The molecule has 1 atom stereocenters. The Labute approximate surface area is 176 Å². The molecule has 1 heterocycles. The van der Waals surface area contributed by atoms with Crippen molar-refractivity contribution in [2.45, 2.75) is 25.7 Å². The van der Waals surface area contributed by atoms with Gasteiger partial charge in [0, 0.05) is 56.9 Å². The second-order valence-electron chi connectivity index (χ2n) is 6.81. The molecule has 7 heteroatoms. The maximum absolute atomic E-state index is 13.0. The number of carbonyl (C=O) groups excluding carboxylic acids is 1. The topological polar surface area (TPSA) is 72.5 Å². The number of nitrogens with one attached hydrogen (secondary N) is 2. The number of ketones is 1. The van der Waals surface area contributed by atoms with Gasteiger partial charge in [0.25, 0.3) is 0 Å². The number of rotatable bonds is 8. The molecule has 1 aromatic heterocycles. The summed E-state index contributed by atoms with van der Waals surface area (Å²) in [5, 5.41) is 6.59. The van der Waals surface area contributed by atoms with Crippen LogP contribution < -0.4 is 10.6 Å². The number of Topliss-reactive ketones (excluding diaryl/α,β-unsaturated/α-hetero) is 1. The first kappa shape index (κ1) is 21.1. The Bertz CT molecular complexity index is 867. The fraction of sp³-hybridized carbons (Fsp3) is 0.318. The number of thiocarbonyl (C=S) groups is 1. The van der Waals surface area contributed by atoms with E-state index in [9.17, 15) is 4.79 Å². The molecule has 0 saturated heterocycles. The fourth-order valence-corrected chi connectivity index (χ4v) is 3.82. The molecule has 1 aromatic carbocycles. The normalized spacial score (nSPS) is 16.8. The lowest BCUT2D eigenvalue weighted by Crippen LogP contribution is -2.37. The zero-order valence-corrected chi connectivity index (χ0v) is 17.4. The molecule has 152 valence electrons. The second kappa shape index (κ2) is 10.2. The molecular formula is C22H25N3O3S. The number of methoxy groups -OCH3 is 2. The van der Waals surface area contributed by atoms with Crippen LogP contribution in [0.15, 0.2) is 66.1 Å². The van der Waals surface area contributed by atoms with Crippen molar-refractivity contribution in [3.8, 4) is 0 Å². The minimum absolute atomic E-state index is 0.0222. The monoisotopic (exact) mass is 411 g/mol. The molecule has 2 N–H and O–H groups in total. The summed E-state index contributed by atoms with van der Waals surface area (Å²) in [6.07, 6.45) is 3.96. The smallest absolute Gasteiger partial charge is 0.168 e. The molecule has 0 radical (unpaired) electrons. The summed E-state index contributed by atoms with van der Waals surface area (Å²) in [7, 11) is 3.17. The van der Waals surface area contributed by atoms with Crippen LogP contribution in [0.4, 0.5) is 5.69 Å². The van der Waals surface area contributed by atoms with E-state index in [0.29, 0.717) is 29.9 Å². The van der Waals surface area contributed by atoms with Gasteiger partial charge in [-0.3, -0.25) is 9.78 Å². The Balaban J connectivity index is 1.86. The number of carbonyl (C=O) groups is 1. The van der Waals surface area contributed by atoms with Crippen LogP contribution in [0, 0.1) is 5.92 Å². The molecule has 29 heavy (non-hydrogen) atoms. The quantitative estimate of drug-likeness (QED) is 0.509. The summed E-state index contributed by atoms with van der Waals surface area (Å²) in [6.45, 7) is 0.569. The van der Waals surface area contributed by atoms with Crippen molar-refractivity contribution in [1.82, 2.24) is 10.3 Å². The summed E-state index contributed by atoms with van der Waals surface area (Å²) < 4.78 is 10.8. The number of nitrogens with zero attached hydrogens (tertiary/aromatic N) is 1. The van der Waals surface area contributed by atoms with Crippen molar-refractivity contribution in [3.05, 3.63) is 71.7 Å². The van der Waals surface area contributed by atoms with Crippen LogP contribution >= 0.6 is 12.2 Å². The number of hydrogen-bond acceptors (Lipinski definition) is 6. The largest absolute Gasteiger partial charge is 0.384 e. The molecule has 0 fully saturated rings. The molecule has 0 amide bonds. The number of hydrogen-bond donors (Lipinski definition) is 2. The van der Waals surface area contributed by atoms with Gasteiger partial charge in [-0.2, -0.15) is 0 Å². The third-order valence-corrected chi connectivity index (χ3v) is 5.16. The standard InChI is InChI=1S/C22H25N3O3S/c1-27-22(28-2)16-12-18(24-14-15-8-10-23-11-9-15)20(19(26)13-16)21(29)25-17-6-4-3-5-7-17/h3-11,16,22,24H,12-14H2,1-2H3,(H,25,29). The van der Waals surface area contributed by atoms with E-state index in [1.165, 1.54) is 0 Å². The van der Waals surface area contributed by atoms with E-state index < -0.39 is 6.29 Å². The van der Waals surface area contributed by atoms with Gasteiger partial charge in [0.2, 0.25) is 0 Å². The van der Waals surface area contributed by atoms with Crippen LogP contribution in [0.1, 0.15) is 18.4 Å². The van der Waals surface area contributed by atoms with Crippen molar-refractivity contribution in [2.24, 2.45) is 5.92 Å².